The highest BCUT2D eigenvalue weighted by Gasteiger charge is 1.95. The number of carbonyl (C=O) groups excluding carboxylic acids is 2. The third-order valence-electron chi connectivity index (χ3n) is 0.330. The van der Waals surface area contributed by atoms with Gasteiger partial charge in [-0.15, -0.1) is 11.6 Å². The molecule has 0 fully saturated rings. The van der Waals surface area contributed by atoms with Gasteiger partial charge in [0.25, 0.3) is 0 Å². The van der Waals surface area contributed by atoms with Crippen LogP contribution >= 0.6 is 11.6 Å². The summed E-state index contributed by atoms with van der Waals surface area (Å²) < 4.78 is 0. The Morgan fingerprint density at radius 2 is 2.50 bits per heavy atom. The molecule has 0 rings (SSSR count). The van der Waals surface area contributed by atoms with Crippen LogP contribution in [0.25, 0.3) is 0 Å². The van der Waals surface area contributed by atoms with Crippen LogP contribution in [0.5, 0.6) is 0 Å². The lowest BCUT2D eigenvalue weighted by atomic mass is 10.8. The Balaban J connectivity index is 3.11. The number of nitrogens with one attached hydrogen (secondary N) is 1. The first-order valence-electron chi connectivity index (χ1n) is 1.76. The number of alkyl halides is 1. The standard InChI is InChI=1S/C3H4ClNO3/c4-1-3(7)8-5-2-6/h2H,1H2,(H,5,6). The molecule has 4 nitrogen and oxygen atoms in total. The van der Waals surface area contributed by atoms with E-state index in [1.165, 1.54) is 0 Å². The predicted molar refractivity (Wildman–Crippen MR) is 26.0 cm³/mol. The molecule has 0 saturated carbocycles. The third kappa shape index (κ3) is 3.42. The summed E-state index contributed by atoms with van der Waals surface area (Å²) in [6.45, 7) is 0. The Labute approximate surface area is 50.7 Å². The van der Waals surface area contributed by atoms with E-state index in [-0.39, 0.29) is 12.3 Å². The van der Waals surface area contributed by atoms with Crippen LogP contribution in [0, 0.1) is 0 Å². The molecule has 8 heavy (non-hydrogen) atoms. The largest absolute Gasteiger partial charge is 0.346 e. The minimum absolute atomic E-state index is 0.241. The second kappa shape index (κ2) is 4.39. The maximum Gasteiger partial charge on any atom is 0.346 e. The Morgan fingerprint density at radius 1 is 1.88 bits per heavy atom. The summed E-state index contributed by atoms with van der Waals surface area (Å²) in [7, 11) is 0. The van der Waals surface area contributed by atoms with Crippen LogP contribution < -0.4 is 5.48 Å². The van der Waals surface area contributed by atoms with Crippen LogP contribution in [0.2, 0.25) is 0 Å². The van der Waals surface area contributed by atoms with Crippen molar-refractivity contribution in [2.45, 2.75) is 0 Å². The van der Waals surface area contributed by atoms with Crippen LogP contribution in [0.15, 0.2) is 0 Å². The molecule has 0 aromatic rings. The summed E-state index contributed by atoms with van der Waals surface area (Å²) in [6, 6.07) is 0. The first kappa shape index (κ1) is 7.23. The molecular weight excluding hydrogens is 133 g/mol. The fourth-order valence-electron chi connectivity index (χ4n) is 0.117. The highest BCUT2D eigenvalue weighted by atomic mass is 35.5. The second-order valence-corrected chi connectivity index (χ2v) is 1.11. The maximum absolute atomic E-state index is 10.00. The van der Waals surface area contributed by atoms with Gasteiger partial charge in [-0.3, -0.25) is 4.79 Å². The van der Waals surface area contributed by atoms with Crippen molar-refractivity contribution in [3.05, 3.63) is 0 Å². The van der Waals surface area contributed by atoms with Gasteiger partial charge in [-0.05, 0) is 0 Å². The van der Waals surface area contributed by atoms with Crippen molar-refractivity contribution in [3.8, 4) is 0 Å². The quantitative estimate of drug-likeness (QED) is 0.322. The molecule has 0 aromatic heterocycles. The fraction of sp³-hybridized carbons (Fsp3) is 0.333. The monoisotopic (exact) mass is 137 g/mol. The molecule has 0 saturated heterocycles. The molecule has 0 spiro atoms. The molecule has 0 aliphatic heterocycles. The number of carbonyl (C=O) groups is 2. The lowest BCUT2D eigenvalue weighted by Crippen LogP contribution is -2.18. The number of hydrogen-bond donors (Lipinski definition) is 1. The minimum atomic E-state index is -0.682. The molecule has 1 amide bonds. The Bertz CT molecular complexity index is 94.5. The molecule has 0 heterocycles. The van der Waals surface area contributed by atoms with E-state index in [0.717, 1.165) is 0 Å². The van der Waals surface area contributed by atoms with Crippen molar-refractivity contribution in [3.63, 3.8) is 0 Å². The number of rotatable bonds is 3. The third-order valence-corrected chi connectivity index (χ3v) is 0.548. The summed E-state index contributed by atoms with van der Waals surface area (Å²) in [5, 5.41) is 0. The van der Waals surface area contributed by atoms with Gasteiger partial charge in [0, 0.05) is 0 Å². The van der Waals surface area contributed by atoms with Crippen LogP contribution in [0.3, 0.4) is 0 Å². The average Bonchev–Trinajstić information content (AvgIpc) is 1.83. The number of amides is 1. The van der Waals surface area contributed by atoms with Crippen molar-refractivity contribution in [1.29, 1.82) is 0 Å². The first-order valence-corrected chi connectivity index (χ1v) is 2.29. The van der Waals surface area contributed by atoms with Gasteiger partial charge >= 0.3 is 5.97 Å². The van der Waals surface area contributed by atoms with Gasteiger partial charge in [0.15, 0.2) is 0 Å². The molecular formula is C3H4ClNO3. The van der Waals surface area contributed by atoms with Gasteiger partial charge in [-0.2, -0.15) is 5.48 Å². The lowest BCUT2D eigenvalue weighted by molar-refractivity contribution is -0.151. The Morgan fingerprint density at radius 3 is 2.88 bits per heavy atom. The van der Waals surface area contributed by atoms with Crippen molar-refractivity contribution in [2.75, 3.05) is 5.88 Å². The normalized spacial score (nSPS) is 7.62. The van der Waals surface area contributed by atoms with E-state index in [1.54, 1.807) is 5.48 Å². The molecule has 1 N–H and O–H groups in total. The van der Waals surface area contributed by atoms with E-state index in [9.17, 15) is 9.59 Å². The molecule has 0 aliphatic carbocycles. The summed E-state index contributed by atoms with van der Waals surface area (Å²) in [5.41, 5.74) is 1.68. The van der Waals surface area contributed by atoms with Gasteiger partial charge in [0.05, 0.1) is 0 Å². The van der Waals surface area contributed by atoms with Crippen molar-refractivity contribution < 1.29 is 14.4 Å². The van der Waals surface area contributed by atoms with E-state index in [2.05, 4.69) is 4.84 Å². The number of halogens is 1. The van der Waals surface area contributed by atoms with E-state index in [4.69, 9.17) is 11.6 Å². The highest BCUT2D eigenvalue weighted by molar-refractivity contribution is 6.26. The summed E-state index contributed by atoms with van der Waals surface area (Å²) in [4.78, 5) is 23.3. The molecule has 0 unspecified atom stereocenters. The Hall–Kier alpha value is -0.770. The first-order chi connectivity index (χ1) is 3.81. The van der Waals surface area contributed by atoms with Gasteiger partial charge in [0.1, 0.15) is 5.88 Å². The summed E-state index contributed by atoms with van der Waals surface area (Å²) in [5.74, 6) is -0.945. The molecule has 0 atom stereocenters. The summed E-state index contributed by atoms with van der Waals surface area (Å²) >= 11 is 4.96. The molecule has 0 radical (unpaired) electrons. The lowest BCUT2D eigenvalue weighted by Gasteiger charge is -1.93. The number of hydroxylamine groups is 1. The van der Waals surface area contributed by atoms with E-state index in [1.807, 2.05) is 0 Å². The average molecular weight is 138 g/mol. The fourth-order valence-corrected chi connectivity index (χ4v) is 0.172. The SMILES string of the molecule is O=CNOC(=O)CCl. The molecule has 0 aliphatic rings. The zero-order valence-electron chi connectivity index (χ0n) is 3.89. The van der Waals surface area contributed by atoms with Gasteiger partial charge < -0.3 is 4.84 Å². The zero-order valence-corrected chi connectivity index (χ0v) is 4.64. The smallest absolute Gasteiger partial charge is 0.340 e. The molecule has 0 bridgehead atoms. The number of hydrogen-bond acceptors (Lipinski definition) is 3. The second-order valence-electron chi connectivity index (χ2n) is 0.843. The van der Waals surface area contributed by atoms with Crippen LogP contribution in [0.4, 0.5) is 0 Å². The summed E-state index contributed by atoms with van der Waals surface area (Å²) in [6.07, 6.45) is 0.241. The van der Waals surface area contributed by atoms with E-state index < -0.39 is 5.97 Å². The minimum Gasteiger partial charge on any atom is -0.340 e. The van der Waals surface area contributed by atoms with E-state index >= 15 is 0 Å². The van der Waals surface area contributed by atoms with Crippen molar-refractivity contribution in [1.82, 2.24) is 5.48 Å². The van der Waals surface area contributed by atoms with Gasteiger partial charge in [-0.1, -0.05) is 0 Å². The van der Waals surface area contributed by atoms with Crippen molar-refractivity contribution >= 4 is 24.0 Å². The topological polar surface area (TPSA) is 55.4 Å². The Kier molecular flexibility index (Phi) is 3.97. The van der Waals surface area contributed by atoms with Crippen LogP contribution in [-0.2, 0) is 14.4 Å². The van der Waals surface area contributed by atoms with Gasteiger partial charge in [-0.25, -0.2) is 4.79 Å². The van der Waals surface area contributed by atoms with Crippen LogP contribution in [0.1, 0.15) is 0 Å². The zero-order chi connectivity index (χ0) is 6.41. The highest BCUT2D eigenvalue weighted by Crippen LogP contribution is 1.75. The van der Waals surface area contributed by atoms with Gasteiger partial charge in [0.2, 0.25) is 6.41 Å². The van der Waals surface area contributed by atoms with E-state index in [0.29, 0.717) is 0 Å². The van der Waals surface area contributed by atoms with Crippen LogP contribution in [-0.4, -0.2) is 18.3 Å². The predicted octanol–water partition coefficient (Wildman–Crippen LogP) is -0.571. The maximum atomic E-state index is 10.00. The molecule has 46 valence electrons. The molecule has 0 aromatic carbocycles. The van der Waals surface area contributed by atoms with Crippen molar-refractivity contribution in [2.24, 2.45) is 0 Å². The molecule has 5 heteroatoms.